The fourth-order valence-corrected chi connectivity index (χ4v) is 3.49. The van der Waals surface area contributed by atoms with Crippen molar-refractivity contribution in [2.24, 2.45) is 5.92 Å². The average Bonchev–Trinajstić information content (AvgIpc) is 2.68. The van der Waals surface area contributed by atoms with Gasteiger partial charge in [0, 0.05) is 26.2 Å². The third kappa shape index (κ3) is 5.11. The van der Waals surface area contributed by atoms with Crippen molar-refractivity contribution in [3.05, 3.63) is 29.8 Å². The molecule has 26 heavy (non-hydrogen) atoms. The molecule has 1 aromatic rings. The van der Waals surface area contributed by atoms with Gasteiger partial charge in [0.05, 0.1) is 7.11 Å². The van der Waals surface area contributed by atoms with Gasteiger partial charge in [-0.05, 0) is 49.5 Å². The van der Waals surface area contributed by atoms with Crippen molar-refractivity contribution in [1.29, 1.82) is 0 Å². The minimum atomic E-state index is -0.125. The van der Waals surface area contributed by atoms with Gasteiger partial charge < -0.3 is 20.3 Å². The van der Waals surface area contributed by atoms with Crippen molar-refractivity contribution in [3.8, 4) is 5.75 Å². The molecule has 0 saturated carbocycles. The number of urea groups is 1. The second-order valence-electron chi connectivity index (χ2n) is 7.03. The number of nitrogens with one attached hydrogen (secondary N) is 2. The van der Waals surface area contributed by atoms with Crippen LogP contribution >= 0.6 is 0 Å². The van der Waals surface area contributed by atoms with Crippen molar-refractivity contribution in [1.82, 2.24) is 20.4 Å². The zero-order valence-corrected chi connectivity index (χ0v) is 15.4. The number of carbonyl (C=O) groups is 2. The second-order valence-corrected chi connectivity index (χ2v) is 7.03. The van der Waals surface area contributed by atoms with Crippen LogP contribution in [0.5, 0.6) is 5.75 Å². The van der Waals surface area contributed by atoms with Gasteiger partial charge in [-0.1, -0.05) is 12.1 Å². The van der Waals surface area contributed by atoms with Crippen LogP contribution in [-0.4, -0.2) is 68.1 Å². The van der Waals surface area contributed by atoms with E-state index in [0.717, 1.165) is 38.2 Å². The molecule has 0 unspecified atom stereocenters. The van der Waals surface area contributed by atoms with Crippen molar-refractivity contribution >= 4 is 11.9 Å². The number of nitrogens with zero attached hydrogens (tertiary/aromatic N) is 2. The maximum Gasteiger partial charge on any atom is 0.317 e. The lowest BCUT2D eigenvalue weighted by Gasteiger charge is -2.33. The molecule has 7 nitrogen and oxygen atoms in total. The smallest absolute Gasteiger partial charge is 0.317 e. The van der Waals surface area contributed by atoms with Crippen LogP contribution in [0.1, 0.15) is 18.4 Å². The fourth-order valence-electron chi connectivity index (χ4n) is 3.49. The predicted molar refractivity (Wildman–Crippen MR) is 99.0 cm³/mol. The first-order valence-electron chi connectivity index (χ1n) is 9.29. The normalized spacial score (nSPS) is 19.1. The third-order valence-electron chi connectivity index (χ3n) is 5.14. The molecule has 2 saturated heterocycles. The molecule has 7 heteroatoms. The lowest BCUT2D eigenvalue weighted by molar-refractivity contribution is -0.123. The molecule has 0 aromatic heterocycles. The molecule has 1 aromatic carbocycles. The number of piperazine rings is 1. The molecule has 142 valence electrons. The van der Waals surface area contributed by atoms with Gasteiger partial charge in [-0.15, -0.1) is 0 Å². The van der Waals surface area contributed by atoms with E-state index in [2.05, 4.69) is 27.7 Å². The monoisotopic (exact) mass is 360 g/mol. The van der Waals surface area contributed by atoms with Crippen LogP contribution in [0.2, 0.25) is 0 Å². The molecule has 0 spiro atoms. The second kappa shape index (κ2) is 8.89. The molecule has 3 rings (SSSR count). The summed E-state index contributed by atoms with van der Waals surface area (Å²) in [5.41, 5.74) is 1.29. The van der Waals surface area contributed by atoms with E-state index in [1.807, 2.05) is 12.1 Å². The summed E-state index contributed by atoms with van der Waals surface area (Å²) in [6.07, 6.45) is 2.16. The quantitative estimate of drug-likeness (QED) is 0.823. The van der Waals surface area contributed by atoms with E-state index in [4.69, 9.17) is 4.74 Å². The van der Waals surface area contributed by atoms with Crippen LogP contribution in [0.4, 0.5) is 4.79 Å². The van der Waals surface area contributed by atoms with Crippen LogP contribution in [0, 0.1) is 5.92 Å². The van der Waals surface area contributed by atoms with Crippen LogP contribution in [-0.2, 0) is 11.3 Å². The summed E-state index contributed by atoms with van der Waals surface area (Å²) < 4.78 is 5.20. The number of carbonyl (C=O) groups excluding carboxylic acids is 2. The molecule has 0 bridgehead atoms. The highest BCUT2D eigenvalue weighted by Gasteiger charge is 2.23. The minimum absolute atomic E-state index is 0.0850. The number of benzene rings is 1. The summed E-state index contributed by atoms with van der Waals surface area (Å²) in [5.74, 6) is 1.30. The average molecular weight is 360 g/mol. The molecule has 0 radical (unpaired) electrons. The Kier molecular flexibility index (Phi) is 6.33. The highest BCUT2D eigenvalue weighted by molar-refractivity contribution is 5.85. The number of amides is 3. The number of methoxy groups -OCH3 is 1. The summed E-state index contributed by atoms with van der Waals surface area (Å²) in [4.78, 5) is 27.6. The maximum absolute atomic E-state index is 12.2. The number of rotatable bonds is 5. The third-order valence-corrected chi connectivity index (χ3v) is 5.14. The molecular weight excluding hydrogens is 332 g/mol. The minimum Gasteiger partial charge on any atom is -0.497 e. The highest BCUT2D eigenvalue weighted by atomic mass is 16.5. The Balaban J connectivity index is 1.36. The standard InChI is InChI=1S/C19H28N4O3/c1-26-17-4-2-16(3-5-17)13-22-9-6-15(7-10-22)12-21-19(25)23-11-8-20-18(24)14-23/h2-5,15H,6-14H2,1H3,(H,20,24)(H,21,25). The van der Waals surface area contributed by atoms with Gasteiger partial charge in [-0.2, -0.15) is 0 Å². The highest BCUT2D eigenvalue weighted by Crippen LogP contribution is 2.19. The van der Waals surface area contributed by atoms with E-state index in [1.54, 1.807) is 12.0 Å². The molecule has 2 aliphatic heterocycles. The maximum atomic E-state index is 12.2. The predicted octanol–water partition coefficient (Wildman–Crippen LogP) is 1.05. The Morgan fingerprint density at radius 2 is 1.96 bits per heavy atom. The number of piperidine rings is 1. The molecule has 2 fully saturated rings. The number of hydrogen-bond acceptors (Lipinski definition) is 4. The van der Waals surface area contributed by atoms with Crippen LogP contribution in [0.3, 0.4) is 0 Å². The lowest BCUT2D eigenvalue weighted by Crippen LogP contribution is -2.53. The first kappa shape index (κ1) is 18.5. The topological polar surface area (TPSA) is 73.9 Å². The van der Waals surface area contributed by atoms with Crippen molar-refractivity contribution in [2.75, 3.05) is 46.4 Å². The van der Waals surface area contributed by atoms with Gasteiger partial charge >= 0.3 is 6.03 Å². The Bertz CT molecular complexity index is 612. The van der Waals surface area contributed by atoms with Gasteiger partial charge in [0.15, 0.2) is 0 Å². The summed E-state index contributed by atoms with van der Waals surface area (Å²) >= 11 is 0. The molecule has 3 amide bonds. The molecule has 0 aliphatic carbocycles. The Morgan fingerprint density at radius 1 is 1.23 bits per heavy atom. The first-order valence-corrected chi connectivity index (χ1v) is 9.29. The first-order chi connectivity index (χ1) is 12.6. The van der Waals surface area contributed by atoms with Crippen molar-refractivity contribution in [2.45, 2.75) is 19.4 Å². The Hall–Kier alpha value is -2.28. The lowest BCUT2D eigenvalue weighted by atomic mass is 9.96. The van der Waals surface area contributed by atoms with E-state index >= 15 is 0 Å². The van der Waals surface area contributed by atoms with E-state index < -0.39 is 0 Å². The van der Waals surface area contributed by atoms with Gasteiger partial charge in [0.2, 0.25) is 5.91 Å². The molecule has 2 aliphatic rings. The molecule has 2 heterocycles. The van der Waals surface area contributed by atoms with Gasteiger partial charge in [-0.3, -0.25) is 9.69 Å². The largest absolute Gasteiger partial charge is 0.497 e. The summed E-state index contributed by atoms with van der Waals surface area (Å²) in [6.45, 7) is 5.00. The fraction of sp³-hybridized carbons (Fsp3) is 0.579. The summed E-state index contributed by atoms with van der Waals surface area (Å²) in [6, 6.07) is 8.09. The molecular formula is C19H28N4O3. The zero-order chi connectivity index (χ0) is 18.4. The summed E-state index contributed by atoms with van der Waals surface area (Å²) in [7, 11) is 1.68. The zero-order valence-electron chi connectivity index (χ0n) is 15.4. The van der Waals surface area contributed by atoms with Crippen LogP contribution in [0.25, 0.3) is 0 Å². The van der Waals surface area contributed by atoms with Crippen LogP contribution in [0.15, 0.2) is 24.3 Å². The molecule has 0 atom stereocenters. The molecule has 2 N–H and O–H groups in total. The number of ether oxygens (including phenoxy) is 1. The van der Waals surface area contributed by atoms with Gasteiger partial charge in [-0.25, -0.2) is 4.79 Å². The van der Waals surface area contributed by atoms with E-state index in [0.29, 0.717) is 25.6 Å². The Morgan fingerprint density at radius 3 is 2.62 bits per heavy atom. The summed E-state index contributed by atoms with van der Waals surface area (Å²) in [5, 5.41) is 5.72. The van der Waals surface area contributed by atoms with Gasteiger partial charge in [0.1, 0.15) is 12.3 Å². The number of hydrogen-bond donors (Lipinski definition) is 2. The van der Waals surface area contributed by atoms with E-state index in [1.165, 1.54) is 5.56 Å². The van der Waals surface area contributed by atoms with Crippen molar-refractivity contribution in [3.63, 3.8) is 0 Å². The van der Waals surface area contributed by atoms with E-state index in [-0.39, 0.29) is 18.5 Å². The van der Waals surface area contributed by atoms with Crippen molar-refractivity contribution < 1.29 is 14.3 Å². The van der Waals surface area contributed by atoms with Crippen LogP contribution < -0.4 is 15.4 Å². The number of likely N-dealkylation sites (tertiary alicyclic amines) is 1. The Labute approximate surface area is 154 Å². The SMILES string of the molecule is COc1ccc(CN2CCC(CNC(=O)N3CCNC(=O)C3)CC2)cc1. The van der Waals surface area contributed by atoms with E-state index in [9.17, 15) is 9.59 Å². The van der Waals surface area contributed by atoms with Gasteiger partial charge in [0.25, 0.3) is 0 Å².